The lowest BCUT2D eigenvalue weighted by Gasteiger charge is -2.11. The quantitative estimate of drug-likeness (QED) is 0.518. The van der Waals surface area contributed by atoms with E-state index < -0.39 is 6.04 Å². The standard InChI is InChI=1S/C16H30N4O/c1-2-3-4-5-6-7-8-9-10-19-16(21)15(17)11-14-12-18-13-20-14/h12-13,15H,2-11,17H2,1H3,(H,18,20)(H,19,21)/t15-/m0/s1. The average molecular weight is 294 g/mol. The first-order chi connectivity index (χ1) is 10.2. The van der Waals surface area contributed by atoms with Gasteiger partial charge in [0.2, 0.25) is 5.91 Å². The van der Waals surface area contributed by atoms with Gasteiger partial charge in [-0.2, -0.15) is 0 Å². The maximum Gasteiger partial charge on any atom is 0.237 e. The van der Waals surface area contributed by atoms with Crippen molar-refractivity contribution in [3.63, 3.8) is 0 Å². The largest absolute Gasteiger partial charge is 0.355 e. The van der Waals surface area contributed by atoms with E-state index in [0.29, 0.717) is 6.42 Å². The van der Waals surface area contributed by atoms with Gasteiger partial charge >= 0.3 is 0 Å². The Balaban J connectivity index is 1.95. The number of carbonyl (C=O) groups excluding carboxylic acids is 1. The Morgan fingerprint density at radius 2 is 1.90 bits per heavy atom. The Morgan fingerprint density at radius 1 is 1.24 bits per heavy atom. The Bertz CT molecular complexity index is 364. The van der Waals surface area contributed by atoms with Gasteiger partial charge in [0.1, 0.15) is 0 Å². The number of aromatic nitrogens is 2. The molecule has 0 aliphatic rings. The van der Waals surface area contributed by atoms with Crippen molar-refractivity contribution in [2.24, 2.45) is 5.73 Å². The summed E-state index contributed by atoms with van der Waals surface area (Å²) in [6.07, 6.45) is 13.9. The number of hydrogen-bond donors (Lipinski definition) is 3. The van der Waals surface area contributed by atoms with Gasteiger partial charge in [-0.3, -0.25) is 4.79 Å². The molecule has 0 fully saturated rings. The number of nitrogens with one attached hydrogen (secondary N) is 2. The third kappa shape index (κ3) is 8.50. The lowest BCUT2D eigenvalue weighted by atomic mass is 10.1. The first-order valence-corrected chi connectivity index (χ1v) is 8.24. The van der Waals surface area contributed by atoms with Crippen LogP contribution in [0.1, 0.15) is 64.0 Å². The topological polar surface area (TPSA) is 83.8 Å². The van der Waals surface area contributed by atoms with Crippen molar-refractivity contribution < 1.29 is 4.79 Å². The molecule has 1 rings (SSSR count). The van der Waals surface area contributed by atoms with E-state index in [4.69, 9.17) is 5.73 Å². The summed E-state index contributed by atoms with van der Waals surface area (Å²) in [6, 6.07) is -0.500. The lowest BCUT2D eigenvalue weighted by Crippen LogP contribution is -2.42. The van der Waals surface area contributed by atoms with Gasteiger partial charge in [0.05, 0.1) is 12.4 Å². The minimum absolute atomic E-state index is 0.0763. The summed E-state index contributed by atoms with van der Waals surface area (Å²) in [7, 11) is 0. The summed E-state index contributed by atoms with van der Waals surface area (Å²) in [5.74, 6) is -0.0763. The van der Waals surface area contributed by atoms with Gasteiger partial charge < -0.3 is 16.0 Å². The number of nitrogens with two attached hydrogens (primary N) is 1. The van der Waals surface area contributed by atoms with E-state index in [1.165, 1.54) is 44.9 Å². The molecule has 1 heterocycles. The van der Waals surface area contributed by atoms with E-state index in [1.807, 2.05) is 0 Å². The number of aromatic amines is 1. The fourth-order valence-corrected chi connectivity index (χ4v) is 2.33. The number of nitrogens with zero attached hydrogens (tertiary/aromatic N) is 1. The van der Waals surface area contributed by atoms with E-state index in [9.17, 15) is 4.79 Å². The maximum absolute atomic E-state index is 11.8. The van der Waals surface area contributed by atoms with Crippen molar-refractivity contribution in [2.45, 2.75) is 70.8 Å². The molecule has 5 nitrogen and oxygen atoms in total. The maximum atomic E-state index is 11.8. The fourth-order valence-electron chi connectivity index (χ4n) is 2.33. The molecule has 1 amide bonds. The van der Waals surface area contributed by atoms with Crippen LogP contribution in [0.5, 0.6) is 0 Å². The van der Waals surface area contributed by atoms with E-state index in [2.05, 4.69) is 22.2 Å². The summed E-state index contributed by atoms with van der Waals surface area (Å²) >= 11 is 0. The molecule has 0 radical (unpaired) electrons. The molecule has 21 heavy (non-hydrogen) atoms. The van der Waals surface area contributed by atoms with Crippen molar-refractivity contribution >= 4 is 5.91 Å². The number of amides is 1. The molecule has 5 heteroatoms. The van der Waals surface area contributed by atoms with Crippen molar-refractivity contribution in [3.05, 3.63) is 18.2 Å². The molecule has 0 saturated heterocycles. The van der Waals surface area contributed by atoms with Crippen LogP contribution in [-0.4, -0.2) is 28.5 Å². The molecule has 0 aliphatic heterocycles. The highest BCUT2D eigenvalue weighted by Crippen LogP contribution is 2.07. The normalized spacial score (nSPS) is 12.3. The van der Waals surface area contributed by atoms with Crippen LogP contribution in [0.25, 0.3) is 0 Å². The Kier molecular flexibility index (Phi) is 9.53. The first-order valence-electron chi connectivity index (χ1n) is 8.24. The van der Waals surface area contributed by atoms with Gasteiger partial charge in [-0.25, -0.2) is 4.98 Å². The molecule has 0 aromatic carbocycles. The summed E-state index contributed by atoms with van der Waals surface area (Å²) < 4.78 is 0. The number of hydrogen-bond acceptors (Lipinski definition) is 3. The van der Waals surface area contributed by atoms with Crippen molar-refractivity contribution in [3.8, 4) is 0 Å². The zero-order valence-electron chi connectivity index (χ0n) is 13.2. The zero-order chi connectivity index (χ0) is 15.3. The second-order valence-electron chi connectivity index (χ2n) is 5.65. The van der Waals surface area contributed by atoms with Gasteiger partial charge in [-0.1, -0.05) is 51.9 Å². The fraction of sp³-hybridized carbons (Fsp3) is 0.750. The van der Waals surface area contributed by atoms with Gasteiger partial charge in [0, 0.05) is 24.9 Å². The SMILES string of the molecule is CCCCCCCCCCNC(=O)[C@@H](N)Cc1cnc[nH]1. The summed E-state index contributed by atoms with van der Waals surface area (Å²) in [6.45, 7) is 2.96. The molecule has 4 N–H and O–H groups in total. The van der Waals surface area contributed by atoms with E-state index in [1.54, 1.807) is 12.5 Å². The second-order valence-corrected chi connectivity index (χ2v) is 5.65. The van der Waals surface area contributed by atoms with Gasteiger partial charge in [0.25, 0.3) is 0 Å². The van der Waals surface area contributed by atoms with Gasteiger partial charge in [0.15, 0.2) is 0 Å². The molecular formula is C16H30N4O. The predicted molar refractivity (Wildman–Crippen MR) is 85.9 cm³/mol. The van der Waals surface area contributed by atoms with Crippen LogP contribution in [0.15, 0.2) is 12.5 Å². The highest BCUT2D eigenvalue weighted by Gasteiger charge is 2.13. The molecular weight excluding hydrogens is 264 g/mol. The zero-order valence-corrected chi connectivity index (χ0v) is 13.2. The number of rotatable bonds is 12. The first kappa shape index (κ1) is 17.7. The van der Waals surface area contributed by atoms with Gasteiger partial charge in [-0.15, -0.1) is 0 Å². The minimum atomic E-state index is -0.500. The van der Waals surface area contributed by atoms with Crippen LogP contribution in [0.2, 0.25) is 0 Å². The molecule has 0 unspecified atom stereocenters. The molecule has 1 aromatic rings. The third-order valence-corrected chi connectivity index (χ3v) is 3.66. The smallest absolute Gasteiger partial charge is 0.237 e. The molecule has 120 valence electrons. The molecule has 1 aromatic heterocycles. The Hall–Kier alpha value is -1.36. The number of carbonyl (C=O) groups is 1. The summed E-state index contributed by atoms with van der Waals surface area (Å²) in [5.41, 5.74) is 6.75. The van der Waals surface area contributed by atoms with Crippen LogP contribution in [0, 0.1) is 0 Å². The molecule has 0 saturated carbocycles. The molecule has 0 aliphatic carbocycles. The highest BCUT2D eigenvalue weighted by atomic mass is 16.2. The van der Waals surface area contributed by atoms with E-state index in [-0.39, 0.29) is 5.91 Å². The summed E-state index contributed by atoms with van der Waals surface area (Å²) in [4.78, 5) is 18.7. The lowest BCUT2D eigenvalue weighted by molar-refractivity contribution is -0.122. The Labute approximate surface area is 128 Å². The number of unbranched alkanes of at least 4 members (excludes halogenated alkanes) is 7. The average Bonchev–Trinajstić information content (AvgIpc) is 2.98. The van der Waals surface area contributed by atoms with E-state index >= 15 is 0 Å². The summed E-state index contributed by atoms with van der Waals surface area (Å²) in [5, 5.41) is 2.91. The Morgan fingerprint density at radius 3 is 2.52 bits per heavy atom. The molecule has 0 spiro atoms. The minimum Gasteiger partial charge on any atom is -0.355 e. The van der Waals surface area contributed by atoms with Crippen molar-refractivity contribution in [1.29, 1.82) is 0 Å². The molecule has 0 bridgehead atoms. The second kappa shape index (κ2) is 11.3. The third-order valence-electron chi connectivity index (χ3n) is 3.66. The van der Waals surface area contributed by atoms with Crippen LogP contribution < -0.4 is 11.1 Å². The van der Waals surface area contributed by atoms with Gasteiger partial charge in [-0.05, 0) is 6.42 Å². The predicted octanol–water partition coefficient (Wildman–Crippen LogP) is 2.54. The highest BCUT2D eigenvalue weighted by molar-refractivity contribution is 5.81. The monoisotopic (exact) mass is 294 g/mol. The number of H-pyrrole nitrogens is 1. The van der Waals surface area contributed by atoms with E-state index in [0.717, 1.165) is 18.7 Å². The van der Waals surface area contributed by atoms with Crippen molar-refractivity contribution in [1.82, 2.24) is 15.3 Å². The van der Waals surface area contributed by atoms with Crippen LogP contribution in [-0.2, 0) is 11.2 Å². The van der Waals surface area contributed by atoms with Crippen LogP contribution in [0.4, 0.5) is 0 Å². The molecule has 1 atom stereocenters. The van der Waals surface area contributed by atoms with Crippen molar-refractivity contribution in [2.75, 3.05) is 6.54 Å². The van der Waals surface area contributed by atoms with Crippen LogP contribution in [0.3, 0.4) is 0 Å². The van der Waals surface area contributed by atoms with Crippen LogP contribution >= 0.6 is 0 Å². The number of imidazole rings is 1.